The SMILES string of the molecule is CC(C)CCCCN1C(=O)C(C(C)C)NC1C(C)C. The van der Waals surface area contributed by atoms with E-state index in [1.54, 1.807) is 0 Å². The van der Waals surface area contributed by atoms with E-state index in [0.29, 0.717) is 17.7 Å². The number of carbonyl (C=O) groups excluding carboxylic acids is 1. The van der Waals surface area contributed by atoms with E-state index in [1.165, 1.54) is 12.8 Å². The average molecular weight is 268 g/mol. The van der Waals surface area contributed by atoms with Crippen LogP contribution in [-0.2, 0) is 4.79 Å². The van der Waals surface area contributed by atoms with Crippen molar-refractivity contribution in [3.63, 3.8) is 0 Å². The van der Waals surface area contributed by atoms with E-state index in [1.807, 2.05) is 0 Å². The summed E-state index contributed by atoms with van der Waals surface area (Å²) in [6.45, 7) is 14.0. The normalized spacial score (nSPS) is 24.3. The summed E-state index contributed by atoms with van der Waals surface area (Å²) in [5.74, 6) is 1.90. The number of hydrogen-bond acceptors (Lipinski definition) is 2. The maximum Gasteiger partial charge on any atom is 0.241 e. The Bertz CT molecular complexity index is 286. The lowest BCUT2D eigenvalue weighted by atomic mass is 10.0. The van der Waals surface area contributed by atoms with Crippen molar-refractivity contribution in [3.05, 3.63) is 0 Å². The molecule has 2 atom stereocenters. The fourth-order valence-corrected chi connectivity index (χ4v) is 2.77. The summed E-state index contributed by atoms with van der Waals surface area (Å²) in [5, 5.41) is 3.52. The summed E-state index contributed by atoms with van der Waals surface area (Å²) in [4.78, 5) is 14.5. The first kappa shape index (κ1) is 16.5. The smallest absolute Gasteiger partial charge is 0.241 e. The van der Waals surface area contributed by atoms with Crippen LogP contribution in [0.25, 0.3) is 0 Å². The van der Waals surface area contributed by atoms with Gasteiger partial charge in [-0.05, 0) is 24.2 Å². The first-order valence-corrected chi connectivity index (χ1v) is 7.91. The van der Waals surface area contributed by atoms with Gasteiger partial charge in [-0.25, -0.2) is 0 Å². The molecule has 1 rings (SSSR count). The van der Waals surface area contributed by atoms with Gasteiger partial charge in [-0.15, -0.1) is 0 Å². The maximum atomic E-state index is 12.5. The Labute approximate surface area is 119 Å². The highest BCUT2D eigenvalue weighted by atomic mass is 16.2. The van der Waals surface area contributed by atoms with Crippen LogP contribution in [0.15, 0.2) is 0 Å². The van der Waals surface area contributed by atoms with Crippen molar-refractivity contribution in [2.75, 3.05) is 6.54 Å². The second-order valence-electron chi connectivity index (χ2n) is 7.00. The van der Waals surface area contributed by atoms with E-state index in [4.69, 9.17) is 0 Å². The van der Waals surface area contributed by atoms with Crippen LogP contribution in [0.2, 0.25) is 0 Å². The predicted molar refractivity (Wildman–Crippen MR) is 80.8 cm³/mol. The van der Waals surface area contributed by atoms with Gasteiger partial charge in [0.15, 0.2) is 0 Å². The van der Waals surface area contributed by atoms with Gasteiger partial charge in [-0.3, -0.25) is 10.1 Å². The lowest BCUT2D eigenvalue weighted by Gasteiger charge is -2.27. The molecule has 1 fully saturated rings. The van der Waals surface area contributed by atoms with Gasteiger partial charge in [0.25, 0.3) is 0 Å². The van der Waals surface area contributed by atoms with Gasteiger partial charge in [0.1, 0.15) is 0 Å². The van der Waals surface area contributed by atoms with E-state index < -0.39 is 0 Å². The third-order valence-electron chi connectivity index (χ3n) is 3.96. The van der Waals surface area contributed by atoms with Crippen molar-refractivity contribution < 1.29 is 4.79 Å². The highest BCUT2D eigenvalue weighted by molar-refractivity contribution is 5.84. The van der Waals surface area contributed by atoms with Crippen molar-refractivity contribution in [1.29, 1.82) is 0 Å². The van der Waals surface area contributed by atoms with Gasteiger partial charge in [0.2, 0.25) is 5.91 Å². The first-order valence-electron chi connectivity index (χ1n) is 7.91. The molecule has 2 unspecified atom stereocenters. The van der Waals surface area contributed by atoms with Gasteiger partial charge in [-0.1, -0.05) is 54.4 Å². The molecule has 112 valence electrons. The van der Waals surface area contributed by atoms with Crippen molar-refractivity contribution >= 4 is 5.91 Å². The second-order valence-corrected chi connectivity index (χ2v) is 7.00. The van der Waals surface area contributed by atoms with Crippen molar-refractivity contribution in [3.8, 4) is 0 Å². The second kappa shape index (κ2) is 7.28. The summed E-state index contributed by atoms with van der Waals surface area (Å²) in [7, 11) is 0. The van der Waals surface area contributed by atoms with Crippen LogP contribution in [-0.4, -0.2) is 29.6 Å². The van der Waals surface area contributed by atoms with Crippen LogP contribution in [0, 0.1) is 17.8 Å². The molecule has 1 saturated heterocycles. The van der Waals surface area contributed by atoms with Gasteiger partial charge >= 0.3 is 0 Å². The van der Waals surface area contributed by atoms with Crippen LogP contribution in [0.4, 0.5) is 0 Å². The molecule has 0 aromatic carbocycles. The number of hydrogen-bond donors (Lipinski definition) is 1. The number of amides is 1. The van der Waals surface area contributed by atoms with E-state index in [0.717, 1.165) is 18.9 Å². The topological polar surface area (TPSA) is 32.3 Å². The summed E-state index contributed by atoms with van der Waals surface area (Å²) in [6.07, 6.45) is 3.83. The van der Waals surface area contributed by atoms with E-state index in [2.05, 4.69) is 51.8 Å². The molecule has 1 N–H and O–H groups in total. The lowest BCUT2D eigenvalue weighted by molar-refractivity contribution is -0.131. The Balaban J connectivity index is 2.54. The molecule has 3 heteroatoms. The Morgan fingerprint density at radius 1 is 1.05 bits per heavy atom. The molecule has 1 aliphatic rings. The quantitative estimate of drug-likeness (QED) is 0.719. The van der Waals surface area contributed by atoms with Crippen LogP contribution >= 0.6 is 0 Å². The standard InChI is InChI=1S/C16H32N2O/c1-11(2)9-7-8-10-18-15(13(5)6)17-14(12(3)4)16(18)19/h11-15,17H,7-10H2,1-6H3. The minimum atomic E-state index is 0.0116. The maximum absolute atomic E-state index is 12.5. The summed E-state index contributed by atoms with van der Waals surface area (Å²) >= 11 is 0. The van der Waals surface area contributed by atoms with Crippen molar-refractivity contribution in [2.45, 2.75) is 73.0 Å². The monoisotopic (exact) mass is 268 g/mol. The molecule has 3 nitrogen and oxygen atoms in total. The third-order valence-corrected chi connectivity index (χ3v) is 3.96. The molecule has 0 aliphatic carbocycles. The molecule has 1 amide bonds. The van der Waals surface area contributed by atoms with Gasteiger partial charge in [-0.2, -0.15) is 0 Å². The minimum absolute atomic E-state index is 0.0116. The number of unbranched alkanes of at least 4 members (excludes halogenated alkanes) is 1. The Kier molecular flexibility index (Phi) is 6.31. The first-order chi connectivity index (χ1) is 8.84. The molecule has 0 aromatic heterocycles. The molecule has 19 heavy (non-hydrogen) atoms. The van der Waals surface area contributed by atoms with Gasteiger partial charge in [0, 0.05) is 6.54 Å². The number of nitrogens with one attached hydrogen (secondary N) is 1. The molecule has 0 radical (unpaired) electrons. The van der Waals surface area contributed by atoms with Crippen LogP contribution in [0.5, 0.6) is 0 Å². The Hall–Kier alpha value is -0.570. The number of rotatable bonds is 7. The van der Waals surface area contributed by atoms with Crippen LogP contribution in [0.3, 0.4) is 0 Å². The number of carbonyl (C=O) groups is 1. The van der Waals surface area contributed by atoms with Crippen molar-refractivity contribution in [2.24, 2.45) is 17.8 Å². The van der Waals surface area contributed by atoms with Gasteiger partial charge < -0.3 is 4.90 Å². The highest BCUT2D eigenvalue weighted by Gasteiger charge is 2.40. The summed E-state index contributed by atoms with van der Waals surface area (Å²) < 4.78 is 0. The highest BCUT2D eigenvalue weighted by Crippen LogP contribution is 2.22. The predicted octanol–water partition coefficient (Wildman–Crippen LogP) is 3.25. The van der Waals surface area contributed by atoms with Crippen LogP contribution in [0.1, 0.15) is 60.8 Å². The Morgan fingerprint density at radius 3 is 2.16 bits per heavy atom. The molecule has 0 aromatic rings. The molecule has 1 aliphatic heterocycles. The zero-order valence-electron chi connectivity index (χ0n) is 13.6. The molecule has 1 heterocycles. The van der Waals surface area contributed by atoms with E-state index >= 15 is 0 Å². The zero-order valence-corrected chi connectivity index (χ0v) is 13.6. The zero-order chi connectivity index (χ0) is 14.6. The molecular formula is C16H32N2O. The van der Waals surface area contributed by atoms with Crippen molar-refractivity contribution in [1.82, 2.24) is 10.2 Å². The fourth-order valence-electron chi connectivity index (χ4n) is 2.77. The number of nitrogens with zero attached hydrogens (tertiary/aromatic N) is 1. The lowest BCUT2D eigenvalue weighted by Crippen LogP contribution is -2.42. The average Bonchev–Trinajstić information content (AvgIpc) is 2.62. The Morgan fingerprint density at radius 2 is 1.68 bits per heavy atom. The summed E-state index contributed by atoms with van der Waals surface area (Å²) in [5.41, 5.74) is 0. The van der Waals surface area contributed by atoms with Crippen LogP contribution < -0.4 is 5.32 Å². The van der Waals surface area contributed by atoms with Gasteiger partial charge in [0.05, 0.1) is 12.2 Å². The molecular weight excluding hydrogens is 236 g/mol. The molecule has 0 spiro atoms. The summed E-state index contributed by atoms with van der Waals surface area (Å²) in [6, 6.07) is 0.0116. The van der Waals surface area contributed by atoms with E-state index in [-0.39, 0.29) is 12.2 Å². The van der Waals surface area contributed by atoms with E-state index in [9.17, 15) is 4.79 Å². The largest absolute Gasteiger partial charge is 0.326 e. The minimum Gasteiger partial charge on any atom is -0.326 e. The molecule has 0 saturated carbocycles. The third kappa shape index (κ3) is 4.48. The molecule has 0 bridgehead atoms. The fraction of sp³-hybridized carbons (Fsp3) is 0.938.